The number of halogens is 1. The van der Waals surface area contributed by atoms with Crippen LogP contribution in [0, 0.1) is 3.57 Å². The lowest BCUT2D eigenvalue weighted by Gasteiger charge is -2.30. The van der Waals surface area contributed by atoms with Gasteiger partial charge in [-0.1, -0.05) is 30.3 Å². The molecule has 30 heavy (non-hydrogen) atoms. The Hall–Kier alpha value is -1.93. The smallest absolute Gasteiger partial charge is 0.225 e. The molecule has 0 atom stereocenters. The van der Waals surface area contributed by atoms with Crippen LogP contribution in [0.25, 0.3) is 10.9 Å². The van der Waals surface area contributed by atoms with E-state index in [-0.39, 0.29) is 0 Å². The number of para-hydroxylation sites is 1. The summed E-state index contributed by atoms with van der Waals surface area (Å²) in [6, 6.07) is 17.9. The Kier molecular flexibility index (Phi) is 7.04. The zero-order valence-electron chi connectivity index (χ0n) is 17.7. The Labute approximate surface area is 192 Å². The number of benzene rings is 2. The topological polar surface area (TPSA) is 53.1 Å². The largest absolute Gasteiger partial charge is 0.362 e. The first kappa shape index (κ1) is 21.3. The Balaban J connectivity index is 1.30. The average molecular weight is 515 g/mol. The van der Waals surface area contributed by atoms with Gasteiger partial charge in [0.2, 0.25) is 5.95 Å². The Morgan fingerprint density at radius 2 is 1.63 bits per heavy atom. The first-order valence-corrected chi connectivity index (χ1v) is 11.9. The predicted molar refractivity (Wildman–Crippen MR) is 134 cm³/mol. The summed E-state index contributed by atoms with van der Waals surface area (Å²) in [4.78, 5) is 11.6. The van der Waals surface area contributed by atoms with Crippen molar-refractivity contribution >= 4 is 45.3 Å². The molecule has 158 valence electrons. The maximum Gasteiger partial charge on any atom is 0.225 e. The minimum absolute atomic E-state index is 0.439. The average Bonchev–Trinajstić information content (AvgIpc) is 2.75. The highest BCUT2D eigenvalue weighted by Gasteiger charge is 2.22. The van der Waals surface area contributed by atoms with Crippen LogP contribution in [0.1, 0.15) is 31.2 Å². The normalized spacial score (nSPS) is 19.0. The van der Waals surface area contributed by atoms with Gasteiger partial charge in [0.25, 0.3) is 0 Å². The van der Waals surface area contributed by atoms with Crippen molar-refractivity contribution in [2.45, 2.75) is 44.2 Å². The summed E-state index contributed by atoms with van der Waals surface area (Å²) >= 11 is 2.43. The maximum absolute atomic E-state index is 4.79. The van der Waals surface area contributed by atoms with E-state index in [9.17, 15) is 0 Å². The van der Waals surface area contributed by atoms with Crippen molar-refractivity contribution in [1.82, 2.24) is 15.3 Å². The number of rotatable bonds is 7. The lowest BCUT2D eigenvalue weighted by Crippen LogP contribution is -2.38. The van der Waals surface area contributed by atoms with Crippen molar-refractivity contribution < 1.29 is 0 Å². The van der Waals surface area contributed by atoms with Crippen molar-refractivity contribution in [1.29, 1.82) is 0 Å². The highest BCUT2D eigenvalue weighted by Crippen LogP contribution is 2.26. The van der Waals surface area contributed by atoms with Crippen LogP contribution in [-0.4, -0.2) is 42.7 Å². The lowest BCUT2D eigenvalue weighted by molar-refractivity contribution is 0.355. The number of nitrogens with one attached hydrogen (secondary N) is 2. The third-order valence-corrected chi connectivity index (χ3v) is 6.90. The van der Waals surface area contributed by atoms with E-state index in [0.29, 0.717) is 12.1 Å². The van der Waals surface area contributed by atoms with Crippen LogP contribution in [-0.2, 0) is 6.42 Å². The molecule has 6 heteroatoms. The number of hydrogen-bond acceptors (Lipinski definition) is 5. The summed E-state index contributed by atoms with van der Waals surface area (Å²) < 4.78 is 1.36. The number of nitrogens with zero attached hydrogens (tertiary/aromatic N) is 3. The monoisotopic (exact) mass is 515 g/mol. The molecule has 1 saturated carbocycles. The number of aromatic nitrogens is 2. The molecule has 4 rings (SSSR count). The van der Waals surface area contributed by atoms with E-state index in [1.807, 2.05) is 26.2 Å². The van der Waals surface area contributed by atoms with E-state index in [4.69, 9.17) is 9.97 Å². The highest BCUT2D eigenvalue weighted by molar-refractivity contribution is 14.1. The molecule has 2 aromatic carbocycles. The molecule has 0 bridgehead atoms. The van der Waals surface area contributed by atoms with Crippen molar-refractivity contribution in [3.05, 3.63) is 57.7 Å². The molecule has 1 fully saturated rings. The van der Waals surface area contributed by atoms with E-state index in [0.717, 1.165) is 48.5 Å². The molecular weight excluding hydrogens is 485 g/mol. The molecule has 5 nitrogen and oxygen atoms in total. The second-order valence-corrected chi connectivity index (χ2v) is 9.43. The summed E-state index contributed by atoms with van der Waals surface area (Å²) in [5.41, 5.74) is 2.43. The van der Waals surface area contributed by atoms with Gasteiger partial charge in [0, 0.05) is 35.1 Å². The predicted octanol–water partition coefficient (Wildman–Crippen LogP) is 4.86. The Bertz CT molecular complexity index is 982. The van der Waals surface area contributed by atoms with E-state index in [1.165, 1.54) is 22.0 Å². The van der Waals surface area contributed by atoms with Crippen molar-refractivity contribution in [2.24, 2.45) is 0 Å². The first-order chi connectivity index (χ1) is 14.6. The number of fused-ring (bicyclic) bond motifs is 1. The maximum atomic E-state index is 4.79. The lowest BCUT2D eigenvalue weighted by atomic mass is 9.91. The van der Waals surface area contributed by atoms with Gasteiger partial charge in [-0.15, -0.1) is 0 Å². The molecule has 0 spiro atoms. The standard InChI is InChI=1S/C24H30IN5/c1-30(2)23-20-8-4-6-10-22(20)28-24(29-23)27-19-13-11-18(12-14-19)26-16-15-17-7-3-5-9-21(17)25/h3-10,18-19,26H,11-16H2,1-2H3,(H,27,28,29). The van der Waals surface area contributed by atoms with Crippen LogP contribution >= 0.6 is 22.6 Å². The van der Waals surface area contributed by atoms with Gasteiger partial charge in [0.1, 0.15) is 5.82 Å². The zero-order chi connectivity index (χ0) is 20.9. The van der Waals surface area contributed by atoms with Crippen molar-refractivity contribution in [2.75, 3.05) is 30.9 Å². The summed E-state index contributed by atoms with van der Waals surface area (Å²) in [5.74, 6) is 1.71. The van der Waals surface area contributed by atoms with Crippen LogP contribution in [0.3, 0.4) is 0 Å². The van der Waals surface area contributed by atoms with E-state index >= 15 is 0 Å². The Morgan fingerprint density at radius 1 is 0.933 bits per heavy atom. The molecule has 1 heterocycles. The van der Waals surface area contributed by atoms with Crippen molar-refractivity contribution in [3.63, 3.8) is 0 Å². The van der Waals surface area contributed by atoms with Gasteiger partial charge < -0.3 is 15.5 Å². The van der Waals surface area contributed by atoms with Gasteiger partial charge in [0.05, 0.1) is 5.52 Å². The molecule has 0 amide bonds. The summed E-state index contributed by atoms with van der Waals surface area (Å²) in [6.45, 7) is 1.04. The minimum atomic E-state index is 0.439. The second-order valence-electron chi connectivity index (χ2n) is 8.27. The molecule has 0 saturated heterocycles. The molecule has 0 aliphatic heterocycles. The molecule has 1 aromatic heterocycles. The SMILES string of the molecule is CN(C)c1nc(NC2CCC(NCCc3ccccc3I)CC2)nc2ccccc12. The van der Waals surface area contributed by atoms with Crippen LogP contribution in [0.5, 0.6) is 0 Å². The summed E-state index contributed by atoms with van der Waals surface area (Å²) in [6.07, 6.45) is 5.77. The molecule has 0 radical (unpaired) electrons. The van der Waals surface area contributed by atoms with E-state index < -0.39 is 0 Å². The second kappa shape index (κ2) is 9.92. The van der Waals surface area contributed by atoms with Crippen LogP contribution in [0.2, 0.25) is 0 Å². The number of hydrogen-bond donors (Lipinski definition) is 2. The van der Waals surface area contributed by atoms with Gasteiger partial charge >= 0.3 is 0 Å². The molecule has 0 unspecified atom stereocenters. The molecule has 1 aliphatic carbocycles. The van der Waals surface area contributed by atoms with Crippen molar-refractivity contribution in [3.8, 4) is 0 Å². The fourth-order valence-electron chi connectivity index (χ4n) is 4.20. The van der Waals surface area contributed by atoms with E-state index in [2.05, 4.69) is 74.5 Å². The van der Waals surface area contributed by atoms with E-state index in [1.54, 1.807) is 0 Å². The fourth-order valence-corrected chi connectivity index (χ4v) is 4.86. The molecular formula is C24H30IN5. The highest BCUT2D eigenvalue weighted by atomic mass is 127. The minimum Gasteiger partial charge on any atom is -0.362 e. The van der Waals surface area contributed by atoms with Gasteiger partial charge in [0.15, 0.2) is 0 Å². The quantitative estimate of drug-likeness (QED) is 0.441. The Morgan fingerprint density at radius 3 is 2.40 bits per heavy atom. The van der Waals surface area contributed by atoms with Gasteiger partial charge in [-0.3, -0.25) is 0 Å². The first-order valence-electron chi connectivity index (χ1n) is 10.8. The van der Waals surface area contributed by atoms with Gasteiger partial charge in [-0.2, -0.15) is 4.98 Å². The van der Waals surface area contributed by atoms with Crippen LogP contribution < -0.4 is 15.5 Å². The van der Waals surface area contributed by atoms with Crippen LogP contribution in [0.4, 0.5) is 11.8 Å². The molecule has 1 aliphatic rings. The van der Waals surface area contributed by atoms with Crippen LogP contribution in [0.15, 0.2) is 48.5 Å². The molecule has 2 N–H and O–H groups in total. The number of anilines is 2. The summed E-state index contributed by atoms with van der Waals surface area (Å²) in [7, 11) is 4.07. The van der Waals surface area contributed by atoms with Gasteiger partial charge in [-0.05, 0) is 85.0 Å². The fraction of sp³-hybridized carbons (Fsp3) is 0.417. The molecule has 3 aromatic rings. The van der Waals surface area contributed by atoms with Gasteiger partial charge in [-0.25, -0.2) is 4.98 Å². The third kappa shape index (κ3) is 5.21. The summed E-state index contributed by atoms with van der Waals surface area (Å²) in [5, 5.41) is 8.45. The zero-order valence-corrected chi connectivity index (χ0v) is 19.9. The third-order valence-electron chi connectivity index (χ3n) is 5.85.